The van der Waals surface area contributed by atoms with E-state index in [-0.39, 0.29) is 76.4 Å². The molecule has 4 rings (SSSR count). The first-order valence-corrected chi connectivity index (χ1v) is 10.3. The number of rotatable bonds is 2. The maximum atomic E-state index is 10.8. The van der Waals surface area contributed by atoms with E-state index in [1.54, 1.807) is 12.1 Å². The van der Waals surface area contributed by atoms with Crippen molar-refractivity contribution >= 4 is 7.82 Å². The minimum Gasteiger partial charge on any atom is -0.780 e. The number of phosphoric ester groups is 1. The van der Waals surface area contributed by atoms with Crippen molar-refractivity contribution in [2.75, 3.05) is 0 Å². The van der Waals surface area contributed by atoms with Crippen molar-refractivity contribution in [1.82, 2.24) is 0 Å². The van der Waals surface area contributed by atoms with E-state index < -0.39 is 7.82 Å². The van der Waals surface area contributed by atoms with E-state index in [0.717, 1.165) is 44.1 Å². The van der Waals surface area contributed by atoms with Crippen LogP contribution in [0, 0.1) is 17.3 Å². The van der Waals surface area contributed by atoms with Crippen LogP contribution in [0.3, 0.4) is 0 Å². The molecule has 2 fully saturated rings. The Labute approximate surface area is 199 Å². The Morgan fingerprint density at radius 3 is 2.62 bits per heavy atom. The summed E-state index contributed by atoms with van der Waals surface area (Å²) in [5.41, 5.74) is 2.43. The minimum absolute atomic E-state index is 0. The van der Waals surface area contributed by atoms with Crippen LogP contribution < -0.4 is 73.4 Å². The number of aliphatic hydroxyl groups is 1. The number of phosphoric acid groups is 1. The fraction of sp³-hybridized carbons (Fsp3) is 0.667. The Balaban J connectivity index is 0.00000121. The SMILES string of the molecule is CC12CCC3c4ccc(OP(=O)([O-])[O-])cc4CCC3C1CCC2O.[Na+].[Na+]. The molecular weight excluding hydrogens is 373 g/mol. The van der Waals surface area contributed by atoms with Crippen molar-refractivity contribution in [3.8, 4) is 5.75 Å². The van der Waals surface area contributed by atoms with Gasteiger partial charge >= 0.3 is 59.1 Å². The predicted octanol–water partition coefficient (Wildman–Crippen LogP) is -3.88. The van der Waals surface area contributed by atoms with E-state index in [9.17, 15) is 19.5 Å². The van der Waals surface area contributed by atoms with Gasteiger partial charge in [-0.05, 0) is 85.0 Å². The molecule has 0 spiro atoms. The van der Waals surface area contributed by atoms with Crippen molar-refractivity contribution in [2.24, 2.45) is 17.3 Å². The molecular formula is C18H23Na2O5P. The molecule has 0 saturated heterocycles. The van der Waals surface area contributed by atoms with Crippen LogP contribution in [0.25, 0.3) is 0 Å². The Morgan fingerprint density at radius 2 is 1.92 bits per heavy atom. The molecule has 5 atom stereocenters. The molecule has 1 N–H and O–H groups in total. The summed E-state index contributed by atoms with van der Waals surface area (Å²) in [6.07, 6.45) is 5.86. The number of aryl methyl sites for hydroxylation is 1. The zero-order valence-corrected chi connectivity index (χ0v) is 20.7. The average Bonchev–Trinajstić information content (AvgIpc) is 2.81. The molecule has 0 aliphatic heterocycles. The summed E-state index contributed by atoms with van der Waals surface area (Å²) in [7, 11) is -5.01. The van der Waals surface area contributed by atoms with Crippen LogP contribution >= 0.6 is 7.82 Å². The van der Waals surface area contributed by atoms with Crippen LogP contribution in [0.15, 0.2) is 18.2 Å². The first-order valence-electron chi connectivity index (χ1n) is 8.80. The quantitative estimate of drug-likeness (QED) is 0.408. The Morgan fingerprint density at radius 1 is 1.19 bits per heavy atom. The average molecular weight is 396 g/mol. The third kappa shape index (κ3) is 4.18. The summed E-state index contributed by atoms with van der Waals surface area (Å²) in [5.74, 6) is 1.75. The van der Waals surface area contributed by atoms with E-state index in [4.69, 9.17) is 0 Å². The van der Waals surface area contributed by atoms with Gasteiger partial charge in [0.25, 0.3) is 0 Å². The van der Waals surface area contributed by atoms with Gasteiger partial charge in [0.15, 0.2) is 0 Å². The molecule has 132 valence electrons. The van der Waals surface area contributed by atoms with Gasteiger partial charge in [-0.15, -0.1) is 0 Å². The molecule has 0 bridgehead atoms. The standard InChI is InChI=1S/C18H25O5P.2Na/c1-18-9-8-14-13-5-3-12(23-24(20,21)22)10-11(13)2-4-15(14)16(18)6-7-17(18)19;;/h3,5,10,14-17,19H,2,4,6-9H2,1H3,(H2,20,21,22);;/q;2*+1/p-2. The van der Waals surface area contributed by atoms with Gasteiger partial charge < -0.3 is 24.0 Å². The molecule has 1 aromatic carbocycles. The Bertz CT molecular complexity index is 709. The van der Waals surface area contributed by atoms with Crippen LogP contribution in [-0.2, 0) is 11.0 Å². The fourth-order valence-corrected chi connectivity index (χ4v) is 6.09. The summed E-state index contributed by atoms with van der Waals surface area (Å²) >= 11 is 0. The summed E-state index contributed by atoms with van der Waals surface area (Å²) in [6, 6.07) is 5.25. The van der Waals surface area contributed by atoms with Gasteiger partial charge in [0.1, 0.15) is 13.6 Å². The van der Waals surface area contributed by atoms with Crippen molar-refractivity contribution in [3.63, 3.8) is 0 Å². The summed E-state index contributed by atoms with van der Waals surface area (Å²) in [4.78, 5) is 21.6. The van der Waals surface area contributed by atoms with Gasteiger partial charge in [-0.3, -0.25) is 0 Å². The maximum absolute atomic E-state index is 10.8. The van der Waals surface area contributed by atoms with E-state index in [0.29, 0.717) is 17.8 Å². The van der Waals surface area contributed by atoms with Crippen molar-refractivity contribution in [2.45, 2.75) is 57.5 Å². The van der Waals surface area contributed by atoms with Crippen LogP contribution in [0.5, 0.6) is 5.75 Å². The molecule has 2 saturated carbocycles. The van der Waals surface area contributed by atoms with Gasteiger partial charge in [0, 0.05) is 0 Å². The maximum Gasteiger partial charge on any atom is 1.00 e. The van der Waals surface area contributed by atoms with Crippen LogP contribution in [0.4, 0.5) is 0 Å². The fourth-order valence-electron chi connectivity index (χ4n) is 5.72. The zero-order valence-electron chi connectivity index (χ0n) is 15.8. The molecule has 0 heterocycles. The smallest absolute Gasteiger partial charge is 0.780 e. The molecule has 0 amide bonds. The molecule has 0 aromatic heterocycles. The Kier molecular flexibility index (Phi) is 7.63. The Hall–Kier alpha value is 1.13. The number of hydrogen-bond acceptors (Lipinski definition) is 5. The first kappa shape index (κ1) is 23.4. The number of hydrogen-bond donors (Lipinski definition) is 1. The number of benzene rings is 1. The predicted molar refractivity (Wildman–Crippen MR) is 85.3 cm³/mol. The van der Waals surface area contributed by atoms with E-state index in [1.807, 2.05) is 6.07 Å². The van der Waals surface area contributed by atoms with Crippen LogP contribution in [0.2, 0.25) is 0 Å². The van der Waals surface area contributed by atoms with Gasteiger partial charge in [0.05, 0.1) is 6.10 Å². The first-order chi connectivity index (χ1) is 11.3. The van der Waals surface area contributed by atoms with Gasteiger partial charge in [0.2, 0.25) is 0 Å². The number of aliphatic hydroxyl groups excluding tert-OH is 1. The summed E-state index contributed by atoms with van der Waals surface area (Å²) in [5, 5.41) is 10.4. The third-order valence-electron chi connectivity index (χ3n) is 6.87. The normalized spacial score (nSPS) is 35.2. The second kappa shape index (κ2) is 8.47. The zero-order chi connectivity index (χ0) is 17.1. The van der Waals surface area contributed by atoms with Crippen molar-refractivity contribution in [1.29, 1.82) is 0 Å². The largest absolute Gasteiger partial charge is 1.00 e. The molecule has 0 radical (unpaired) electrons. The second-order valence-electron chi connectivity index (χ2n) is 7.95. The third-order valence-corrected chi connectivity index (χ3v) is 7.30. The second-order valence-corrected chi connectivity index (χ2v) is 9.03. The molecule has 3 aliphatic carbocycles. The van der Waals surface area contributed by atoms with Gasteiger partial charge in [-0.2, -0.15) is 0 Å². The minimum atomic E-state index is -5.01. The van der Waals surface area contributed by atoms with E-state index in [2.05, 4.69) is 11.4 Å². The van der Waals surface area contributed by atoms with E-state index >= 15 is 0 Å². The van der Waals surface area contributed by atoms with Gasteiger partial charge in [-0.25, -0.2) is 0 Å². The van der Waals surface area contributed by atoms with Crippen molar-refractivity contribution in [3.05, 3.63) is 29.3 Å². The topological polar surface area (TPSA) is 92.7 Å². The molecule has 5 unspecified atom stereocenters. The van der Waals surface area contributed by atoms with E-state index in [1.165, 1.54) is 5.56 Å². The van der Waals surface area contributed by atoms with Crippen LogP contribution in [0.1, 0.15) is 56.1 Å². The van der Waals surface area contributed by atoms with Gasteiger partial charge in [-0.1, -0.05) is 13.0 Å². The monoisotopic (exact) mass is 396 g/mol. The van der Waals surface area contributed by atoms with Crippen molar-refractivity contribution < 1.29 is 83.1 Å². The molecule has 8 heteroatoms. The molecule has 5 nitrogen and oxygen atoms in total. The van der Waals surface area contributed by atoms with Crippen LogP contribution in [-0.4, -0.2) is 11.2 Å². The molecule has 26 heavy (non-hydrogen) atoms. The molecule has 1 aromatic rings. The number of fused-ring (bicyclic) bond motifs is 5. The summed E-state index contributed by atoms with van der Waals surface area (Å²) < 4.78 is 15.3. The molecule has 3 aliphatic rings. The summed E-state index contributed by atoms with van der Waals surface area (Å²) in [6.45, 7) is 2.25.